The molecule has 0 saturated heterocycles. The normalized spacial score (nSPS) is 12.5. The van der Waals surface area contributed by atoms with Crippen LogP contribution in [0.5, 0.6) is 5.75 Å². The van der Waals surface area contributed by atoms with Crippen LogP contribution in [0.1, 0.15) is 42.4 Å². The number of rotatable bonds is 5. The summed E-state index contributed by atoms with van der Waals surface area (Å²) in [6, 6.07) is 6.25. The maximum atomic E-state index is 5.73. The van der Waals surface area contributed by atoms with E-state index in [4.69, 9.17) is 4.74 Å². The third-order valence-corrected chi connectivity index (χ3v) is 3.31. The molecule has 0 aliphatic rings. The van der Waals surface area contributed by atoms with Crippen molar-refractivity contribution in [3.8, 4) is 5.75 Å². The van der Waals surface area contributed by atoms with E-state index >= 15 is 0 Å². The van der Waals surface area contributed by atoms with Gasteiger partial charge in [0.15, 0.2) is 0 Å². The van der Waals surface area contributed by atoms with Crippen molar-refractivity contribution in [2.45, 2.75) is 39.8 Å². The molecule has 1 atom stereocenters. The lowest BCUT2D eigenvalue weighted by molar-refractivity contribution is 0.241. The number of aromatic nitrogens is 2. The van der Waals surface area contributed by atoms with Crippen LogP contribution in [0.2, 0.25) is 0 Å². The average Bonchev–Trinajstić information content (AvgIpc) is 2.41. The molecule has 0 spiro atoms. The van der Waals surface area contributed by atoms with Crippen molar-refractivity contribution in [1.29, 1.82) is 0 Å². The molecule has 2 heterocycles. The first-order valence-electron chi connectivity index (χ1n) is 7.24. The predicted octanol–water partition coefficient (Wildman–Crippen LogP) is 3.19. The molecule has 1 unspecified atom stereocenters. The molecule has 0 amide bonds. The molecule has 112 valence electrons. The van der Waals surface area contributed by atoms with Gasteiger partial charge in [-0.1, -0.05) is 6.07 Å². The number of pyridine rings is 2. The van der Waals surface area contributed by atoms with Crippen molar-refractivity contribution in [2.24, 2.45) is 0 Å². The van der Waals surface area contributed by atoms with Crippen molar-refractivity contribution >= 4 is 0 Å². The van der Waals surface area contributed by atoms with Crippen molar-refractivity contribution in [3.63, 3.8) is 0 Å². The smallest absolute Gasteiger partial charge is 0.138 e. The first-order chi connectivity index (χ1) is 10.0. The van der Waals surface area contributed by atoms with Crippen LogP contribution in [0.15, 0.2) is 30.6 Å². The quantitative estimate of drug-likeness (QED) is 0.916. The Hall–Kier alpha value is -1.94. The highest BCUT2D eigenvalue weighted by Crippen LogP contribution is 2.26. The average molecular weight is 285 g/mol. The van der Waals surface area contributed by atoms with E-state index in [9.17, 15) is 0 Å². The van der Waals surface area contributed by atoms with Gasteiger partial charge in [-0.25, -0.2) is 0 Å². The summed E-state index contributed by atoms with van der Waals surface area (Å²) in [6.45, 7) is 8.06. The first-order valence-corrected chi connectivity index (χ1v) is 7.24. The molecule has 0 saturated carbocycles. The third kappa shape index (κ3) is 3.79. The summed E-state index contributed by atoms with van der Waals surface area (Å²) in [4.78, 5) is 8.84. The van der Waals surface area contributed by atoms with E-state index in [0.29, 0.717) is 0 Å². The molecule has 0 aliphatic heterocycles. The summed E-state index contributed by atoms with van der Waals surface area (Å²) in [7, 11) is 1.94. The van der Waals surface area contributed by atoms with E-state index in [2.05, 4.69) is 21.4 Å². The molecule has 0 bridgehead atoms. The number of aryl methyl sites for hydroxylation is 2. The van der Waals surface area contributed by atoms with Gasteiger partial charge in [0.1, 0.15) is 5.75 Å². The largest absolute Gasteiger partial charge is 0.489 e. The summed E-state index contributed by atoms with van der Waals surface area (Å²) in [5.41, 5.74) is 4.29. The molecule has 4 heteroatoms. The second kappa shape index (κ2) is 6.68. The van der Waals surface area contributed by atoms with Crippen LogP contribution in [0.3, 0.4) is 0 Å². The van der Waals surface area contributed by atoms with Crippen LogP contribution in [0.25, 0.3) is 0 Å². The van der Waals surface area contributed by atoms with Crippen molar-refractivity contribution in [3.05, 3.63) is 53.1 Å². The summed E-state index contributed by atoms with van der Waals surface area (Å²) < 4.78 is 5.73. The fraction of sp³-hybridized carbons (Fsp3) is 0.412. The minimum absolute atomic E-state index is 0.0568. The van der Waals surface area contributed by atoms with Crippen LogP contribution in [-0.2, 0) is 0 Å². The first kappa shape index (κ1) is 15.4. The summed E-state index contributed by atoms with van der Waals surface area (Å²) >= 11 is 0. The molecular weight excluding hydrogens is 262 g/mol. The van der Waals surface area contributed by atoms with E-state index < -0.39 is 0 Å². The lowest BCUT2D eigenvalue weighted by Crippen LogP contribution is -2.19. The Morgan fingerprint density at radius 2 is 1.90 bits per heavy atom. The van der Waals surface area contributed by atoms with Gasteiger partial charge < -0.3 is 10.1 Å². The van der Waals surface area contributed by atoms with Gasteiger partial charge in [0.05, 0.1) is 18.3 Å². The van der Waals surface area contributed by atoms with Crippen LogP contribution < -0.4 is 10.1 Å². The van der Waals surface area contributed by atoms with E-state index in [1.54, 1.807) is 6.20 Å². The topological polar surface area (TPSA) is 47.0 Å². The molecule has 0 radical (unpaired) electrons. The highest BCUT2D eigenvalue weighted by atomic mass is 16.5. The van der Waals surface area contributed by atoms with Gasteiger partial charge >= 0.3 is 0 Å². The summed E-state index contributed by atoms with van der Waals surface area (Å²) in [5, 5.41) is 3.34. The SMILES string of the molecule is CNC(c1cncc(OC(C)C)c1)c1ccc(C)nc1C. The Kier molecular flexibility index (Phi) is 4.91. The Morgan fingerprint density at radius 3 is 2.52 bits per heavy atom. The lowest BCUT2D eigenvalue weighted by atomic mass is 9.98. The number of hydrogen-bond acceptors (Lipinski definition) is 4. The van der Waals surface area contributed by atoms with Crippen LogP contribution >= 0.6 is 0 Å². The zero-order valence-corrected chi connectivity index (χ0v) is 13.3. The maximum Gasteiger partial charge on any atom is 0.138 e. The maximum absolute atomic E-state index is 5.73. The van der Waals surface area contributed by atoms with Gasteiger partial charge in [0.25, 0.3) is 0 Å². The number of ether oxygens (including phenoxy) is 1. The molecule has 4 nitrogen and oxygen atoms in total. The summed E-state index contributed by atoms with van der Waals surface area (Å²) in [6.07, 6.45) is 3.75. The molecule has 2 rings (SSSR count). The minimum atomic E-state index is 0.0568. The highest BCUT2D eigenvalue weighted by Gasteiger charge is 2.16. The molecular formula is C17H23N3O. The number of hydrogen-bond donors (Lipinski definition) is 1. The Morgan fingerprint density at radius 1 is 1.14 bits per heavy atom. The van der Waals surface area contributed by atoms with Crippen LogP contribution in [0.4, 0.5) is 0 Å². The van der Waals surface area contributed by atoms with Crippen LogP contribution in [-0.4, -0.2) is 23.1 Å². The molecule has 2 aromatic rings. The van der Waals surface area contributed by atoms with Gasteiger partial charge in [0, 0.05) is 17.6 Å². The Bertz CT molecular complexity index is 611. The van der Waals surface area contributed by atoms with Crippen molar-refractivity contribution in [2.75, 3.05) is 7.05 Å². The molecule has 2 aromatic heterocycles. The second-order valence-corrected chi connectivity index (χ2v) is 5.47. The van der Waals surface area contributed by atoms with Crippen molar-refractivity contribution < 1.29 is 4.74 Å². The predicted molar refractivity (Wildman–Crippen MR) is 84.6 cm³/mol. The molecule has 21 heavy (non-hydrogen) atoms. The number of nitrogens with one attached hydrogen (secondary N) is 1. The third-order valence-electron chi connectivity index (χ3n) is 3.31. The highest BCUT2D eigenvalue weighted by molar-refractivity contribution is 5.36. The van der Waals surface area contributed by atoms with Gasteiger partial charge in [-0.15, -0.1) is 0 Å². The fourth-order valence-electron chi connectivity index (χ4n) is 2.43. The fourth-order valence-corrected chi connectivity index (χ4v) is 2.43. The lowest BCUT2D eigenvalue weighted by Gasteiger charge is -2.20. The Labute approximate surface area is 126 Å². The monoisotopic (exact) mass is 285 g/mol. The van der Waals surface area contributed by atoms with Crippen LogP contribution in [0, 0.1) is 13.8 Å². The Balaban J connectivity index is 2.37. The molecule has 0 aromatic carbocycles. The molecule has 0 aliphatic carbocycles. The minimum Gasteiger partial charge on any atom is -0.489 e. The standard InChI is InChI=1S/C17H23N3O/c1-11(2)21-15-8-14(9-19-10-15)17(18-5)16-7-6-12(3)20-13(16)4/h6-11,17-18H,1-5H3. The van der Waals surface area contributed by atoms with E-state index in [1.165, 1.54) is 0 Å². The molecule has 1 N–H and O–H groups in total. The summed E-state index contributed by atoms with van der Waals surface area (Å²) in [5.74, 6) is 0.792. The van der Waals surface area contributed by atoms with E-state index in [1.807, 2.05) is 53.1 Å². The van der Waals surface area contributed by atoms with E-state index in [0.717, 1.165) is 28.3 Å². The van der Waals surface area contributed by atoms with Gasteiger partial charge in [-0.3, -0.25) is 9.97 Å². The second-order valence-electron chi connectivity index (χ2n) is 5.47. The van der Waals surface area contributed by atoms with Gasteiger partial charge in [-0.05, 0) is 58.0 Å². The molecule has 0 fully saturated rings. The van der Waals surface area contributed by atoms with E-state index in [-0.39, 0.29) is 12.1 Å². The zero-order chi connectivity index (χ0) is 15.4. The van der Waals surface area contributed by atoms with Crippen molar-refractivity contribution in [1.82, 2.24) is 15.3 Å². The zero-order valence-electron chi connectivity index (χ0n) is 13.3. The number of nitrogens with zero attached hydrogens (tertiary/aromatic N) is 2. The van der Waals surface area contributed by atoms with Gasteiger partial charge in [0.2, 0.25) is 0 Å². The van der Waals surface area contributed by atoms with Gasteiger partial charge in [-0.2, -0.15) is 0 Å².